The van der Waals surface area contributed by atoms with Crippen molar-refractivity contribution in [1.82, 2.24) is 20.5 Å². The first-order valence-electron chi connectivity index (χ1n) is 10.4. The molecule has 1 N–H and O–H groups in total. The maximum atomic E-state index is 12.7. The van der Waals surface area contributed by atoms with Crippen LogP contribution in [0.2, 0.25) is 0 Å². The number of hydrogen-bond acceptors (Lipinski definition) is 8. The number of aromatic nitrogens is 3. The summed E-state index contributed by atoms with van der Waals surface area (Å²) in [5.41, 5.74) is 2.46. The average molecular weight is 490 g/mol. The fourth-order valence-corrected chi connectivity index (χ4v) is 3.58. The summed E-state index contributed by atoms with van der Waals surface area (Å²) in [6.07, 6.45) is -2.87. The molecule has 12 heteroatoms. The molecule has 4 rings (SSSR count). The highest BCUT2D eigenvalue weighted by molar-refractivity contribution is 5.94. The van der Waals surface area contributed by atoms with E-state index in [1.165, 1.54) is 26.4 Å². The Morgan fingerprint density at radius 3 is 2.63 bits per heavy atom. The second-order valence-electron chi connectivity index (χ2n) is 7.57. The van der Waals surface area contributed by atoms with E-state index in [0.29, 0.717) is 29.5 Å². The zero-order valence-electron chi connectivity index (χ0n) is 18.8. The molecule has 1 aromatic carbocycles. The number of rotatable bonds is 7. The van der Waals surface area contributed by atoms with Gasteiger partial charge in [-0.3, -0.25) is 4.79 Å². The number of fused-ring (bicyclic) bond motifs is 1. The number of pyridine rings is 1. The van der Waals surface area contributed by atoms with E-state index in [4.69, 9.17) is 14.2 Å². The lowest BCUT2D eigenvalue weighted by molar-refractivity contribution is -0.154. The Kier molecular flexibility index (Phi) is 6.90. The van der Waals surface area contributed by atoms with Gasteiger partial charge in [-0.05, 0) is 17.7 Å². The zero-order valence-corrected chi connectivity index (χ0v) is 18.8. The van der Waals surface area contributed by atoms with Crippen molar-refractivity contribution in [2.45, 2.75) is 18.6 Å². The van der Waals surface area contributed by atoms with Crippen LogP contribution in [0, 0.1) is 0 Å². The lowest BCUT2D eigenvalue weighted by atomic mass is 9.93. The van der Waals surface area contributed by atoms with Crippen LogP contribution in [0.1, 0.15) is 15.9 Å². The monoisotopic (exact) mass is 490 g/mol. The van der Waals surface area contributed by atoms with Gasteiger partial charge in [0, 0.05) is 30.3 Å². The lowest BCUT2D eigenvalue weighted by Crippen LogP contribution is -2.42. The Morgan fingerprint density at radius 1 is 1.11 bits per heavy atom. The molecule has 1 amide bonds. The molecule has 1 atom stereocenters. The molecular formula is C23H21F3N4O5. The van der Waals surface area contributed by atoms with Gasteiger partial charge in [0.05, 0.1) is 31.4 Å². The van der Waals surface area contributed by atoms with Gasteiger partial charge >= 0.3 is 6.18 Å². The average Bonchev–Trinajstić information content (AvgIpc) is 2.86. The molecule has 0 aliphatic carbocycles. The highest BCUT2D eigenvalue weighted by Crippen LogP contribution is 2.38. The number of nitrogens with one attached hydrogen (secondary N) is 1. The number of halogens is 3. The second kappa shape index (κ2) is 10.0. The van der Waals surface area contributed by atoms with Crippen molar-refractivity contribution >= 4 is 5.91 Å². The molecule has 184 valence electrons. The smallest absolute Gasteiger partial charge is 0.422 e. The van der Waals surface area contributed by atoms with Crippen LogP contribution >= 0.6 is 0 Å². The lowest BCUT2D eigenvalue weighted by Gasteiger charge is -2.28. The first-order valence-corrected chi connectivity index (χ1v) is 10.4. The summed E-state index contributed by atoms with van der Waals surface area (Å²) in [6.45, 7) is -1.23. The summed E-state index contributed by atoms with van der Waals surface area (Å²) in [5, 5.41) is 10.8. The number of amides is 1. The maximum Gasteiger partial charge on any atom is 0.422 e. The van der Waals surface area contributed by atoms with E-state index in [0.717, 1.165) is 17.3 Å². The SMILES string of the molecule is COc1cc(-c2cccc3c2C[C@H](NC(=O)c2ccc(OCC(F)(F)F)nc2)CO3)c(OC)nn1. The number of hydrogen-bond donors (Lipinski definition) is 1. The molecule has 0 saturated carbocycles. The molecule has 3 heterocycles. The van der Waals surface area contributed by atoms with Gasteiger partial charge in [0.15, 0.2) is 6.61 Å². The minimum atomic E-state index is -4.48. The van der Waals surface area contributed by atoms with Crippen LogP contribution in [-0.4, -0.2) is 60.7 Å². The van der Waals surface area contributed by atoms with Crippen LogP contribution in [0.15, 0.2) is 42.6 Å². The van der Waals surface area contributed by atoms with Gasteiger partial charge in [-0.15, -0.1) is 10.2 Å². The van der Waals surface area contributed by atoms with Crippen LogP contribution in [-0.2, 0) is 6.42 Å². The number of alkyl halides is 3. The van der Waals surface area contributed by atoms with Crippen molar-refractivity contribution in [1.29, 1.82) is 0 Å². The van der Waals surface area contributed by atoms with E-state index >= 15 is 0 Å². The van der Waals surface area contributed by atoms with E-state index in [9.17, 15) is 18.0 Å². The normalized spacial score (nSPS) is 14.9. The Bertz CT molecular complexity index is 1200. The summed E-state index contributed by atoms with van der Waals surface area (Å²) in [6, 6.07) is 9.44. The third-order valence-corrected chi connectivity index (χ3v) is 5.17. The van der Waals surface area contributed by atoms with Gasteiger partial charge in [0.25, 0.3) is 5.91 Å². The van der Waals surface area contributed by atoms with Crippen molar-refractivity contribution in [2.75, 3.05) is 27.4 Å². The predicted molar refractivity (Wildman–Crippen MR) is 117 cm³/mol. The number of methoxy groups -OCH3 is 2. The molecule has 0 bridgehead atoms. The van der Waals surface area contributed by atoms with Crippen LogP contribution in [0.25, 0.3) is 11.1 Å². The number of carbonyl (C=O) groups is 1. The van der Waals surface area contributed by atoms with E-state index in [2.05, 4.69) is 25.2 Å². The predicted octanol–water partition coefficient (Wildman–Crippen LogP) is 3.23. The van der Waals surface area contributed by atoms with Gasteiger partial charge in [0.2, 0.25) is 17.6 Å². The van der Waals surface area contributed by atoms with Crippen LogP contribution in [0.4, 0.5) is 13.2 Å². The van der Waals surface area contributed by atoms with Crippen molar-refractivity contribution < 1.29 is 36.9 Å². The second-order valence-corrected chi connectivity index (χ2v) is 7.57. The molecule has 9 nitrogen and oxygen atoms in total. The fraction of sp³-hybridized carbons (Fsp3) is 0.304. The van der Waals surface area contributed by atoms with Crippen LogP contribution in [0.3, 0.4) is 0 Å². The Labute approximate surface area is 198 Å². The first-order chi connectivity index (χ1) is 16.8. The molecule has 0 spiro atoms. The van der Waals surface area contributed by atoms with Crippen molar-refractivity contribution in [3.63, 3.8) is 0 Å². The molecule has 3 aromatic rings. The summed E-state index contributed by atoms with van der Waals surface area (Å²) in [5.74, 6) is 0.617. The molecule has 0 fully saturated rings. The third kappa shape index (κ3) is 5.70. The summed E-state index contributed by atoms with van der Waals surface area (Å²) in [4.78, 5) is 16.5. The van der Waals surface area contributed by atoms with Gasteiger partial charge in [0.1, 0.15) is 12.4 Å². The molecule has 1 aliphatic rings. The van der Waals surface area contributed by atoms with Crippen molar-refractivity contribution in [3.05, 3.63) is 53.7 Å². The zero-order chi connectivity index (χ0) is 25.0. The van der Waals surface area contributed by atoms with Crippen molar-refractivity contribution in [3.8, 4) is 34.5 Å². The number of carbonyl (C=O) groups excluding carboxylic acids is 1. The molecule has 0 saturated heterocycles. The molecule has 0 radical (unpaired) electrons. The van der Waals surface area contributed by atoms with E-state index < -0.39 is 18.7 Å². The fourth-order valence-electron chi connectivity index (χ4n) is 3.58. The number of ether oxygens (including phenoxy) is 4. The molecule has 35 heavy (non-hydrogen) atoms. The summed E-state index contributed by atoms with van der Waals surface area (Å²) in [7, 11) is 2.97. The minimum absolute atomic E-state index is 0.174. The summed E-state index contributed by atoms with van der Waals surface area (Å²) < 4.78 is 57.9. The van der Waals surface area contributed by atoms with Crippen LogP contribution < -0.4 is 24.3 Å². The first kappa shape index (κ1) is 24.0. The number of benzene rings is 1. The quantitative estimate of drug-likeness (QED) is 0.539. The molecule has 1 aliphatic heterocycles. The molecular weight excluding hydrogens is 469 g/mol. The van der Waals surface area contributed by atoms with E-state index in [-0.39, 0.29) is 24.1 Å². The maximum absolute atomic E-state index is 12.7. The topological polar surface area (TPSA) is 105 Å². The van der Waals surface area contributed by atoms with Crippen LogP contribution in [0.5, 0.6) is 23.4 Å². The van der Waals surface area contributed by atoms with Crippen molar-refractivity contribution in [2.24, 2.45) is 0 Å². The highest BCUT2D eigenvalue weighted by atomic mass is 19.4. The summed E-state index contributed by atoms with van der Waals surface area (Å²) >= 11 is 0. The molecule has 0 unspecified atom stereocenters. The van der Waals surface area contributed by atoms with Gasteiger partial charge in [-0.25, -0.2) is 4.98 Å². The Balaban J connectivity index is 1.50. The van der Waals surface area contributed by atoms with Gasteiger partial charge in [-0.2, -0.15) is 13.2 Å². The largest absolute Gasteiger partial charge is 0.491 e. The highest BCUT2D eigenvalue weighted by Gasteiger charge is 2.29. The minimum Gasteiger partial charge on any atom is -0.491 e. The third-order valence-electron chi connectivity index (χ3n) is 5.17. The Hall–Kier alpha value is -4.09. The van der Waals surface area contributed by atoms with Gasteiger partial charge < -0.3 is 24.3 Å². The number of nitrogens with zero attached hydrogens (tertiary/aromatic N) is 3. The van der Waals surface area contributed by atoms with E-state index in [1.54, 1.807) is 6.07 Å². The molecule has 2 aromatic heterocycles. The standard InChI is InChI=1S/C23H21F3N4O5/c1-32-20-9-17(22(33-2)30-29-20)15-4-3-5-18-16(15)8-14(11-34-18)28-21(31)13-6-7-19(27-10-13)35-12-23(24,25)26/h3-7,9-10,14H,8,11-12H2,1-2H3,(H,28,31)/t14-/m0/s1. The van der Waals surface area contributed by atoms with E-state index in [1.807, 2.05) is 18.2 Å². The Morgan fingerprint density at radius 2 is 1.94 bits per heavy atom. The van der Waals surface area contributed by atoms with Gasteiger partial charge in [-0.1, -0.05) is 12.1 Å².